The van der Waals surface area contributed by atoms with Crippen LogP contribution in [0.15, 0.2) is 6.07 Å². The van der Waals surface area contributed by atoms with Gasteiger partial charge in [0.25, 0.3) is 0 Å². The monoisotopic (exact) mass is 279 g/mol. The van der Waals surface area contributed by atoms with Crippen LogP contribution >= 0.6 is 11.3 Å². The lowest BCUT2D eigenvalue weighted by Gasteiger charge is -2.11. The Kier molecular flexibility index (Phi) is 4.55. The first-order valence-corrected chi connectivity index (χ1v) is 7.26. The van der Waals surface area contributed by atoms with E-state index in [4.69, 9.17) is 0 Å². The van der Waals surface area contributed by atoms with Crippen molar-refractivity contribution in [3.63, 3.8) is 0 Å². The van der Waals surface area contributed by atoms with Crippen molar-refractivity contribution in [2.75, 3.05) is 44.9 Å². The number of aromatic nitrogens is 2. The van der Waals surface area contributed by atoms with E-state index in [-0.39, 0.29) is 0 Å². The number of nitrogens with one attached hydrogen (secondary N) is 2. The lowest BCUT2D eigenvalue weighted by molar-refractivity contribution is 0.405. The van der Waals surface area contributed by atoms with Gasteiger partial charge in [-0.25, -0.2) is 4.98 Å². The van der Waals surface area contributed by atoms with Crippen molar-refractivity contribution in [2.45, 2.75) is 13.3 Å². The van der Waals surface area contributed by atoms with Gasteiger partial charge in [-0.1, -0.05) is 0 Å². The summed E-state index contributed by atoms with van der Waals surface area (Å²) in [6.07, 6.45) is 1.09. The molecule has 2 N–H and O–H groups in total. The number of anilines is 2. The van der Waals surface area contributed by atoms with Crippen LogP contribution in [0.4, 0.5) is 11.8 Å². The minimum Gasteiger partial charge on any atom is -0.369 e. The molecule has 2 rings (SSSR count). The van der Waals surface area contributed by atoms with Crippen LogP contribution in [-0.2, 0) is 0 Å². The van der Waals surface area contributed by atoms with Gasteiger partial charge < -0.3 is 15.5 Å². The number of nitrogens with zero attached hydrogens (tertiary/aromatic N) is 3. The summed E-state index contributed by atoms with van der Waals surface area (Å²) < 4.78 is 0. The predicted molar refractivity (Wildman–Crippen MR) is 83.4 cm³/mol. The molecule has 6 heteroatoms. The van der Waals surface area contributed by atoms with Crippen molar-refractivity contribution >= 4 is 33.3 Å². The van der Waals surface area contributed by atoms with E-state index in [0.29, 0.717) is 5.95 Å². The van der Waals surface area contributed by atoms with Gasteiger partial charge in [0.05, 0.1) is 5.39 Å². The van der Waals surface area contributed by atoms with E-state index in [1.807, 2.05) is 7.05 Å². The van der Waals surface area contributed by atoms with Crippen molar-refractivity contribution in [2.24, 2.45) is 0 Å². The van der Waals surface area contributed by atoms with Crippen LogP contribution in [0, 0.1) is 6.92 Å². The van der Waals surface area contributed by atoms with E-state index >= 15 is 0 Å². The highest BCUT2D eigenvalue weighted by Gasteiger charge is 2.09. The summed E-state index contributed by atoms with van der Waals surface area (Å²) in [6.45, 7) is 4.09. The van der Waals surface area contributed by atoms with Crippen molar-refractivity contribution < 1.29 is 0 Å². The maximum absolute atomic E-state index is 4.51. The number of hydrogen-bond acceptors (Lipinski definition) is 6. The number of rotatable bonds is 6. The van der Waals surface area contributed by atoms with Gasteiger partial charge in [-0.2, -0.15) is 4.98 Å². The van der Waals surface area contributed by atoms with Gasteiger partial charge in [0.15, 0.2) is 0 Å². The second-order valence-electron chi connectivity index (χ2n) is 4.81. The summed E-state index contributed by atoms with van der Waals surface area (Å²) in [5, 5.41) is 7.55. The summed E-state index contributed by atoms with van der Waals surface area (Å²) in [4.78, 5) is 13.5. The Balaban J connectivity index is 2.15. The van der Waals surface area contributed by atoms with E-state index in [2.05, 4.69) is 52.6 Å². The molecular formula is C13H21N5S. The normalized spacial score (nSPS) is 11.2. The SMILES string of the molecule is CNc1nc(NCCCN(C)C)c2cc(C)sc2n1. The van der Waals surface area contributed by atoms with Crippen LogP contribution in [-0.4, -0.2) is 49.1 Å². The fourth-order valence-corrected chi connectivity index (χ4v) is 2.77. The Morgan fingerprint density at radius 3 is 2.79 bits per heavy atom. The molecule has 2 heterocycles. The third-order valence-electron chi connectivity index (χ3n) is 2.81. The number of hydrogen-bond donors (Lipinski definition) is 2. The average molecular weight is 279 g/mol. The number of thiophene rings is 1. The minimum atomic E-state index is 0.671. The Labute approximate surface area is 118 Å². The molecule has 0 aliphatic carbocycles. The highest BCUT2D eigenvalue weighted by molar-refractivity contribution is 7.18. The molecule has 19 heavy (non-hydrogen) atoms. The molecule has 0 aromatic carbocycles. The van der Waals surface area contributed by atoms with E-state index in [9.17, 15) is 0 Å². The van der Waals surface area contributed by atoms with Gasteiger partial charge in [-0.3, -0.25) is 0 Å². The second-order valence-corrected chi connectivity index (χ2v) is 6.04. The fourth-order valence-electron chi connectivity index (χ4n) is 1.89. The molecule has 0 fully saturated rings. The molecule has 0 saturated carbocycles. The van der Waals surface area contributed by atoms with Crippen molar-refractivity contribution in [3.05, 3.63) is 10.9 Å². The zero-order valence-electron chi connectivity index (χ0n) is 11.9. The van der Waals surface area contributed by atoms with Gasteiger partial charge in [0.2, 0.25) is 5.95 Å². The van der Waals surface area contributed by atoms with Crippen molar-refractivity contribution in [3.8, 4) is 0 Å². The van der Waals surface area contributed by atoms with Crippen LogP contribution in [0.3, 0.4) is 0 Å². The Bertz CT molecular complexity index is 549. The lowest BCUT2D eigenvalue weighted by atomic mass is 10.3. The summed E-state index contributed by atoms with van der Waals surface area (Å²) in [7, 11) is 6.02. The molecule has 0 radical (unpaired) electrons. The van der Waals surface area contributed by atoms with Gasteiger partial charge >= 0.3 is 0 Å². The third kappa shape index (κ3) is 3.54. The molecule has 0 saturated heterocycles. The Morgan fingerprint density at radius 2 is 2.11 bits per heavy atom. The smallest absolute Gasteiger partial charge is 0.225 e. The number of aryl methyl sites for hydroxylation is 1. The first-order chi connectivity index (χ1) is 9.10. The summed E-state index contributed by atoms with van der Waals surface area (Å²) in [5.74, 6) is 1.60. The van der Waals surface area contributed by atoms with E-state index in [0.717, 1.165) is 35.5 Å². The van der Waals surface area contributed by atoms with Crippen molar-refractivity contribution in [1.29, 1.82) is 0 Å². The molecule has 0 atom stereocenters. The first-order valence-electron chi connectivity index (χ1n) is 6.44. The Hall–Kier alpha value is -1.40. The molecule has 0 spiro atoms. The molecule has 5 nitrogen and oxygen atoms in total. The van der Waals surface area contributed by atoms with E-state index in [1.54, 1.807) is 11.3 Å². The summed E-state index contributed by atoms with van der Waals surface area (Å²) in [6, 6.07) is 2.15. The van der Waals surface area contributed by atoms with Gasteiger partial charge in [0.1, 0.15) is 10.6 Å². The van der Waals surface area contributed by atoms with Crippen molar-refractivity contribution in [1.82, 2.24) is 14.9 Å². The van der Waals surface area contributed by atoms with Crippen LogP contribution < -0.4 is 10.6 Å². The zero-order chi connectivity index (χ0) is 13.8. The molecule has 2 aromatic heterocycles. The average Bonchev–Trinajstić information content (AvgIpc) is 2.74. The van der Waals surface area contributed by atoms with Crippen LogP contribution in [0.1, 0.15) is 11.3 Å². The van der Waals surface area contributed by atoms with Gasteiger partial charge in [0, 0.05) is 18.5 Å². The van der Waals surface area contributed by atoms with Crippen LogP contribution in [0.25, 0.3) is 10.2 Å². The minimum absolute atomic E-state index is 0.671. The molecule has 0 aliphatic heterocycles. The molecule has 0 unspecified atom stereocenters. The quantitative estimate of drug-likeness (QED) is 0.795. The summed E-state index contributed by atoms with van der Waals surface area (Å²) >= 11 is 1.70. The topological polar surface area (TPSA) is 53.1 Å². The zero-order valence-corrected chi connectivity index (χ0v) is 12.8. The predicted octanol–water partition coefficient (Wildman–Crippen LogP) is 2.41. The highest BCUT2D eigenvalue weighted by atomic mass is 32.1. The third-order valence-corrected chi connectivity index (χ3v) is 3.76. The summed E-state index contributed by atoms with van der Waals surface area (Å²) in [5.41, 5.74) is 0. The molecule has 0 amide bonds. The highest BCUT2D eigenvalue weighted by Crippen LogP contribution is 2.29. The molecule has 0 aliphatic rings. The van der Waals surface area contributed by atoms with E-state index in [1.165, 1.54) is 4.88 Å². The standard InChI is InChI=1S/C13H21N5S/c1-9-8-10-11(15-6-5-7-18(3)4)16-13(14-2)17-12(10)19-9/h8H,5-7H2,1-4H3,(H2,14,15,16,17). The van der Waals surface area contributed by atoms with Crippen LogP contribution in [0.2, 0.25) is 0 Å². The fraction of sp³-hybridized carbons (Fsp3) is 0.538. The maximum Gasteiger partial charge on any atom is 0.225 e. The largest absolute Gasteiger partial charge is 0.369 e. The number of fused-ring (bicyclic) bond motifs is 1. The second kappa shape index (κ2) is 6.16. The van der Waals surface area contributed by atoms with Crippen LogP contribution in [0.5, 0.6) is 0 Å². The lowest BCUT2D eigenvalue weighted by Crippen LogP contribution is -2.16. The van der Waals surface area contributed by atoms with Gasteiger partial charge in [-0.15, -0.1) is 11.3 Å². The first kappa shape index (κ1) is 14.0. The van der Waals surface area contributed by atoms with Gasteiger partial charge in [-0.05, 0) is 40.1 Å². The molecule has 0 bridgehead atoms. The Morgan fingerprint density at radius 1 is 1.32 bits per heavy atom. The molecular weight excluding hydrogens is 258 g/mol. The van der Waals surface area contributed by atoms with E-state index < -0.39 is 0 Å². The molecule has 2 aromatic rings. The molecule has 104 valence electrons. The maximum atomic E-state index is 4.51.